The topological polar surface area (TPSA) is 33.3 Å². The van der Waals surface area contributed by atoms with E-state index in [-0.39, 0.29) is 0 Å². The van der Waals surface area contributed by atoms with Crippen molar-refractivity contribution in [2.75, 3.05) is 20.2 Å². The Labute approximate surface area is 97.2 Å². The lowest BCUT2D eigenvalue weighted by Crippen LogP contribution is -2.30. The minimum Gasteiger partial charge on any atom is -0.380 e. The second-order valence-corrected chi connectivity index (χ2v) is 4.27. The zero-order valence-corrected chi connectivity index (χ0v) is 9.83. The summed E-state index contributed by atoms with van der Waals surface area (Å²) < 4.78 is 5.20. The number of rotatable bonds is 5. The maximum Gasteiger partial charge on any atom is 0.0716 e. The van der Waals surface area contributed by atoms with Crippen LogP contribution in [0.5, 0.6) is 0 Å². The molecule has 0 spiro atoms. The van der Waals surface area contributed by atoms with E-state index in [1.54, 1.807) is 7.11 Å². The molecule has 0 aliphatic carbocycles. The zero-order valence-electron chi connectivity index (χ0n) is 9.83. The van der Waals surface area contributed by atoms with Gasteiger partial charge in [-0.3, -0.25) is 0 Å². The molecule has 16 heavy (non-hydrogen) atoms. The van der Waals surface area contributed by atoms with Crippen molar-refractivity contribution < 1.29 is 4.74 Å². The summed E-state index contributed by atoms with van der Waals surface area (Å²) in [4.78, 5) is 0. The number of ether oxygens (including phenoxy) is 1. The van der Waals surface area contributed by atoms with Crippen LogP contribution in [-0.2, 0) is 17.9 Å². The van der Waals surface area contributed by atoms with Gasteiger partial charge in [0.2, 0.25) is 0 Å². The second-order valence-electron chi connectivity index (χ2n) is 4.27. The van der Waals surface area contributed by atoms with Crippen LogP contribution in [0.4, 0.5) is 0 Å². The van der Waals surface area contributed by atoms with Crippen LogP contribution in [0.15, 0.2) is 24.3 Å². The Bertz CT molecular complexity index is 321. The number of hydrogen-bond donors (Lipinski definition) is 2. The maximum absolute atomic E-state index is 5.20. The minimum atomic E-state index is 0.621. The molecule has 88 valence electrons. The molecular weight excluding hydrogens is 200 g/mol. The quantitative estimate of drug-likeness (QED) is 0.784. The van der Waals surface area contributed by atoms with E-state index in [1.165, 1.54) is 17.5 Å². The van der Waals surface area contributed by atoms with Crippen molar-refractivity contribution in [1.29, 1.82) is 0 Å². The van der Waals surface area contributed by atoms with Crippen molar-refractivity contribution in [3.63, 3.8) is 0 Å². The molecule has 3 heteroatoms. The first-order chi connectivity index (χ1) is 7.90. The van der Waals surface area contributed by atoms with Crippen LogP contribution in [-0.4, -0.2) is 26.2 Å². The molecule has 3 nitrogen and oxygen atoms in total. The van der Waals surface area contributed by atoms with Crippen LogP contribution in [0.25, 0.3) is 0 Å². The van der Waals surface area contributed by atoms with Crippen LogP contribution < -0.4 is 10.6 Å². The molecule has 1 heterocycles. The monoisotopic (exact) mass is 220 g/mol. The van der Waals surface area contributed by atoms with Crippen LogP contribution >= 0.6 is 0 Å². The van der Waals surface area contributed by atoms with Gasteiger partial charge in [0, 0.05) is 26.2 Å². The molecule has 1 aliphatic heterocycles. The molecule has 1 atom stereocenters. The average molecular weight is 220 g/mol. The van der Waals surface area contributed by atoms with Crippen LogP contribution in [0.2, 0.25) is 0 Å². The third-order valence-electron chi connectivity index (χ3n) is 3.06. The molecule has 0 bridgehead atoms. The first-order valence-corrected chi connectivity index (χ1v) is 5.90. The predicted octanol–water partition coefficient (Wildman–Crippen LogP) is 1.28. The zero-order chi connectivity index (χ0) is 11.2. The molecule has 0 saturated carbocycles. The fraction of sp³-hybridized carbons (Fsp3) is 0.538. The van der Waals surface area contributed by atoms with Gasteiger partial charge in [-0.25, -0.2) is 0 Å². The highest BCUT2D eigenvalue weighted by Crippen LogP contribution is 2.10. The summed E-state index contributed by atoms with van der Waals surface area (Å²) in [5.74, 6) is 0. The van der Waals surface area contributed by atoms with E-state index in [9.17, 15) is 0 Å². The minimum absolute atomic E-state index is 0.621. The Hall–Kier alpha value is -0.900. The molecule has 1 saturated heterocycles. The molecule has 1 aliphatic rings. The van der Waals surface area contributed by atoms with Crippen LogP contribution in [0, 0.1) is 0 Å². The van der Waals surface area contributed by atoms with E-state index in [0.29, 0.717) is 12.6 Å². The van der Waals surface area contributed by atoms with Gasteiger partial charge in [-0.2, -0.15) is 0 Å². The van der Waals surface area contributed by atoms with Crippen molar-refractivity contribution in [3.05, 3.63) is 35.4 Å². The molecule has 2 N–H and O–H groups in total. The summed E-state index contributed by atoms with van der Waals surface area (Å²) >= 11 is 0. The highest BCUT2D eigenvalue weighted by atomic mass is 16.5. The third kappa shape index (κ3) is 3.04. The van der Waals surface area contributed by atoms with E-state index >= 15 is 0 Å². The molecule has 1 aromatic carbocycles. The Morgan fingerprint density at radius 3 is 2.88 bits per heavy atom. The van der Waals surface area contributed by atoms with E-state index in [0.717, 1.165) is 19.6 Å². The van der Waals surface area contributed by atoms with Crippen LogP contribution in [0.1, 0.15) is 17.5 Å². The van der Waals surface area contributed by atoms with Crippen molar-refractivity contribution >= 4 is 0 Å². The SMILES string of the molecule is COCc1ccccc1CNC1CCNC1. The Balaban J connectivity index is 1.91. The van der Waals surface area contributed by atoms with E-state index in [4.69, 9.17) is 4.74 Å². The average Bonchev–Trinajstić information content (AvgIpc) is 2.81. The van der Waals surface area contributed by atoms with Crippen molar-refractivity contribution in [3.8, 4) is 0 Å². The van der Waals surface area contributed by atoms with E-state index in [1.807, 2.05) is 0 Å². The first-order valence-electron chi connectivity index (χ1n) is 5.90. The fourth-order valence-electron chi connectivity index (χ4n) is 2.11. The van der Waals surface area contributed by atoms with Gasteiger partial charge in [0.25, 0.3) is 0 Å². The molecule has 1 fully saturated rings. The van der Waals surface area contributed by atoms with Gasteiger partial charge >= 0.3 is 0 Å². The molecule has 0 aromatic heterocycles. The third-order valence-corrected chi connectivity index (χ3v) is 3.06. The summed E-state index contributed by atoms with van der Waals surface area (Å²) in [6.45, 7) is 3.86. The van der Waals surface area contributed by atoms with Gasteiger partial charge in [0.1, 0.15) is 0 Å². The molecule has 1 aromatic rings. The standard InChI is InChI=1S/C13H20N2O/c1-16-10-12-5-3-2-4-11(12)8-15-13-6-7-14-9-13/h2-5,13-15H,6-10H2,1H3. The number of hydrogen-bond acceptors (Lipinski definition) is 3. The van der Waals surface area contributed by atoms with Gasteiger partial charge in [0.15, 0.2) is 0 Å². The summed E-state index contributed by atoms with van der Waals surface area (Å²) in [5.41, 5.74) is 2.62. The normalized spacial score (nSPS) is 20.2. The maximum atomic E-state index is 5.20. The smallest absolute Gasteiger partial charge is 0.0716 e. The highest BCUT2D eigenvalue weighted by Gasteiger charge is 2.13. The van der Waals surface area contributed by atoms with Crippen molar-refractivity contribution in [2.24, 2.45) is 0 Å². The number of methoxy groups -OCH3 is 1. The lowest BCUT2D eigenvalue weighted by Gasteiger charge is -2.13. The molecule has 0 radical (unpaired) electrons. The van der Waals surface area contributed by atoms with Gasteiger partial charge in [0.05, 0.1) is 6.61 Å². The summed E-state index contributed by atoms with van der Waals surface area (Å²) in [5, 5.41) is 6.94. The van der Waals surface area contributed by atoms with Gasteiger partial charge < -0.3 is 15.4 Å². The summed E-state index contributed by atoms with van der Waals surface area (Å²) in [7, 11) is 1.74. The molecular formula is C13H20N2O. The van der Waals surface area contributed by atoms with E-state index < -0.39 is 0 Å². The van der Waals surface area contributed by atoms with Gasteiger partial charge in [-0.15, -0.1) is 0 Å². The molecule has 1 unspecified atom stereocenters. The number of benzene rings is 1. The van der Waals surface area contributed by atoms with Crippen molar-refractivity contribution in [1.82, 2.24) is 10.6 Å². The van der Waals surface area contributed by atoms with Crippen LogP contribution in [0.3, 0.4) is 0 Å². The first kappa shape index (κ1) is 11.6. The van der Waals surface area contributed by atoms with Crippen molar-refractivity contribution in [2.45, 2.75) is 25.6 Å². The highest BCUT2D eigenvalue weighted by molar-refractivity contribution is 5.26. The van der Waals surface area contributed by atoms with Gasteiger partial charge in [-0.1, -0.05) is 24.3 Å². The lowest BCUT2D eigenvalue weighted by molar-refractivity contribution is 0.184. The Morgan fingerprint density at radius 1 is 1.38 bits per heavy atom. The molecule has 2 rings (SSSR count). The second kappa shape index (κ2) is 5.99. The predicted molar refractivity (Wildman–Crippen MR) is 65.3 cm³/mol. The summed E-state index contributed by atoms with van der Waals surface area (Å²) in [6.07, 6.45) is 1.23. The lowest BCUT2D eigenvalue weighted by atomic mass is 10.1. The largest absolute Gasteiger partial charge is 0.380 e. The fourth-order valence-corrected chi connectivity index (χ4v) is 2.11. The Kier molecular flexibility index (Phi) is 4.34. The van der Waals surface area contributed by atoms with E-state index in [2.05, 4.69) is 34.9 Å². The number of nitrogens with one attached hydrogen (secondary N) is 2. The Morgan fingerprint density at radius 2 is 2.19 bits per heavy atom. The summed E-state index contributed by atoms with van der Waals surface area (Å²) in [6, 6.07) is 9.07. The van der Waals surface area contributed by atoms with Gasteiger partial charge in [-0.05, 0) is 24.1 Å². The molecule has 0 amide bonds.